The second-order valence-electron chi connectivity index (χ2n) is 8.07. The van der Waals surface area contributed by atoms with Crippen LogP contribution < -0.4 is 5.32 Å². The van der Waals surface area contributed by atoms with Crippen molar-refractivity contribution >= 4 is 18.0 Å². The Labute approximate surface area is 186 Å². The Morgan fingerprint density at radius 2 is 1.75 bits per heavy atom. The summed E-state index contributed by atoms with van der Waals surface area (Å²) in [6.07, 6.45) is -0.608. The van der Waals surface area contributed by atoms with Gasteiger partial charge in [-0.2, -0.15) is 0 Å². The number of carboxylic acids is 1. The summed E-state index contributed by atoms with van der Waals surface area (Å²) in [6.45, 7) is 2.37. The fraction of sp³-hybridized carbons (Fsp3) is 0.375. The van der Waals surface area contributed by atoms with Crippen molar-refractivity contribution in [1.29, 1.82) is 0 Å². The molecule has 0 spiro atoms. The molecule has 168 valence electrons. The average molecular weight is 438 g/mol. The number of morpholine rings is 1. The number of rotatable bonds is 6. The molecule has 1 aliphatic carbocycles. The lowest BCUT2D eigenvalue weighted by molar-refractivity contribution is -0.159. The molecule has 1 saturated heterocycles. The number of aliphatic carboxylic acids is 1. The lowest BCUT2D eigenvalue weighted by atomic mass is 9.98. The monoisotopic (exact) mass is 438 g/mol. The van der Waals surface area contributed by atoms with Crippen LogP contribution >= 0.6 is 0 Å². The molecule has 2 N–H and O–H groups in total. The Kier molecular flexibility index (Phi) is 6.41. The van der Waals surface area contributed by atoms with Gasteiger partial charge in [-0.3, -0.25) is 4.79 Å². The first-order valence-electron chi connectivity index (χ1n) is 10.7. The minimum Gasteiger partial charge on any atom is -0.480 e. The maximum Gasteiger partial charge on any atom is 0.407 e. The summed E-state index contributed by atoms with van der Waals surface area (Å²) in [7, 11) is 0. The largest absolute Gasteiger partial charge is 0.480 e. The summed E-state index contributed by atoms with van der Waals surface area (Å²) in [5, 5.41) is 11.9. The second-order valence-corrected chi connectivity index (χ2v) is 8.07. The van der Waals surface area contributed by atoms with E-state index < -0.39 is 24.0 Å². The van der Waals surface area contributed by atoms with Crippen LogP contribution in [0.3, 0.4) is 0 Å². The molecule has 2 aromatic rings. The molecule has 1 fully saturated rings. The Morgan fingerprint density at radius 3 is 2.38 bits per heavy atom. The van der Waals surface area contributed by atoms with Gasteiger partial charge in [0.1, 0.15) is 6.61 Å². The third-order valence-corrected chi connectivity index (χ3v) is 6.01. The van der Waals surface area contributed by atoms with Gasteiger partial charge in [-0.05, 0) is 22.3 Å². The first-order valence-corrected chi connectivity index (χ1v) is 10.7. The standard InChI is InChI=1S/C24H26N2O6/c1-15(22(27)26-10-11-31-14-21(26)23(28)29)12-25-24(30)32-13-20-18-8-4-2-6-16(18)17-7-3-5-9-19(17)20/h2-9,15,20-21H,10-14H2,1H3,(H,25,30)(H,28,29). The van der Waals surface area contributed by atoms with E-state index >= 15 is 0 Å². The number of carboxylic acid groups (broad SMARTS) is 1. The van der Waals surface area contributed by atoms with Gasteiger partial charge in [0.15, 0.2) is 6.04 Å². The van der Waals surface area contributed by atoms with E-state index in [4.69, 9.17) is 9.47 Å². The first-order chi connectivity index (χ1) is 15.5. The van der Waals surface area contributed by atoms with Crippen LogP contribution in [0, 0.1) is 5.92 Å². The normalized spacial score (nSPS) is 18.4. The minimum absolute atomic E-state index is 0.0341. The van der Waals surface area contributed by atoms with Gasteiger partial charge in [0.25, 0.3) is 0 Å². The van der Waals surface area contributed by atoms with Crippen LogP contribution in [0.4, 0.5) is 4.79 Å². The van der Waals surface area contributed by atoms with Gasteiger partial charge >= 0.3 is 12.1 Å². The molecule has 2 amide bonds. The van der Waals surface area contributed by atoms with Gasteiger partial charge in [-0.1, -0.05) is 55.5 Å². The van der Waals surface area contributed by atoms with Crippen molar-refractivity contribution in [2.24, 2.45) is 5.92 Å². The number of benzene rings is 2. The summed E-state index contributed by atoms with van der Waals surface area (Å²) >= 11 is 0. The van der Waals surface area contributed by atoms with E-state index in [1.165, 1.54) is 4.90 Å². The van der Waals surface area contributed by atoms with Crippen LogP contribution in [0.25, 0.3) is 11.1 Å². The lowest BCUT2D eigenvalue weighted by Crippen LogP contribution is -2.55. The van der Waals surface area contributed by atoms with Gasteiger partial charge < -0.3 is 24.8 Å². The van der Waals surface area contributed by atoms with Crippen molar-refractivity contribution in [3.8, 4) is 11.1 Å². The fourth-order valence-corrected chi connectivity index (χ4v) is 4.33. The Bertz CT molecular complexity index is 978. The van der Waals surface area contributed by atoms with Crippen LogP contribution in [-0.2, 0) is 19.1 Å². The predicted octanol–water partition coefficient (Wildman–Crippen LogP) is 2.47. The van der Waals surface area contributed by atoms with E-state index in [2.05, 4.69) is 17.4 Å². The maximum absolute atomic E-state index is 12.7. The lowest BCUT2D eigenvalue weighted by Gasteiger charge is -2.34. The van der Waals surface area contributed by atoms with E-state index in [1.807, 2.05) is 36.4 Å². The number of hydrogen-bond acceptors (Lipinski definition) is 5. The first kappa shape index (κ1) is 21.8. The van der Waals surface area contributed by atoms with E-state index in [0.29, 0.717) is 6.61 Å². The highest BCUT2D eigenvalue weighted by Gasteiger charge is 2.35. The zero-order chi connectivity index (χ0) is 22.7. The van der Waals surface area contributed by atoms with E-state index in [9.17, 15) is 19.5 Å². The second kappa shape index (κ2) is 9.40. The number of fused-ring (bicyclic) bond motifs is 3. The van der Waals surface area contributed by atoms with Crippen LogP contribution in [-0.4, -0.2) is 66.9 Å². The van der Waals surface area contributed by atoms with Crippen molar-refractivity contribution in [2.75, 3.05) is 32.9 Å². The molecule has 0 aromatic heterocycles. The quantitative estimate of drug-likeness (QED) is 0.718. The molecule has 0 saturated carbocycles. The molecule has 2 unspecified atom stereocenters. The SMILES string of the molecule is CC(CNC(=O)OCC1c2ccccc2-c2ccccc21)C(=O)N1CCOCC1C(=O)O. The minimum atomic E-state index is -1.10. The fourth-order valence-electron chi connectivity index (χ4n) is 4.33. The molecular weight excluding hydrogens is 412 g/mol. The highest BCUT2D eigenvalue weighted by molar-refractivity contribution is 5.85. The van der Waals surface area contributed by atoms with E-state index in [1.54, 1.807) is 6.92 Å². The number of amides is 2. The molecule has 1 heterocycles. The summed E-state index contributed by atoms with van der Waals surface area (Å²) in [4.78, 5) is 37.7. The van der Waals surface area contributed by atoms with Crippen molar-refractivity contribution in [1.82, 2.24) is 10.2 Å². The number of nitrogens with zero attached hydrogens (tertiary/aromatic N) is 1. The Balaban J connectivity index is 1.32. The van der Waals surface area contributed by atoms with Crippen LogP contribution in [0.15, 0.2) is 48.5 Å². The highest BCUT2D eigenvalue weighted by atomic mass is 16.5. The molecule has 1 aliphatic heterocycles. The average Bonchev–Trinajstić information content (AvgIpc) is 3.14. The van der Waals surface area contributed by atoms with E-state index in [-0.39, 0.29) is 38.1 Å². The number of hydrogen-bond donors (Lipinski definition) is 2. The molecule has 8 heteroatoms. The summed E-state index contributed by atoms with van der Waals surface area (Å²) in [5.41, 5.74) is 4.54. The molecule has 0 radical (unpaired) electrons. The van der Waals surface area contributed by atoms with Crippen molar-refractivity contribution in [3.05, 3.63) is 59.7 Å². The number of carbonyl (C=O) groups is 3. The smallest absolute Gasteiger partial charge is 0.407 e. The zero-order valence-corrected chi connectivity index (χ0v) is 17.8. The summed E-state index contributed by atoms with van der Waals surface area (Å²) in [5.74, 6) is -2.07. The van der Waals surface area contributed by atoms with Gasteiger partial charge in [0, 0.05) is 19.0 Å². The topological polar surface area (TPSA) is 105 Å². The number of ether oxygens (including phenoxy) is 2. The van der Waals surface area contributed by atoms with Crippen molar-refractivity contribution in [3.63, 3.8) is 0 Å². The molecule has 0 bridgehead atoms. The molecular formula is C24H26N2O6. The van der Waals surface area contributed by atoms with Crippen LogP contribution in [0.1, 0.15) is 24.0 Å². The molecule has 2 atom stereocenters. The summed E-state index contributed by atoms with van der Waals surface area (Å²) in [6, 6.07) is 15.2. The zero-order valence-electron chi connectivity index (χ0n) is 17.8. The molecule has 4 rings (SSSR count). The van der Waals surface area contributed by atoms with Crippen molar-refractivity contribution in [2.45, 2.75) is 18.9 Å². The number of alkyl carbamates (subject to hydrolysis) is 1. The van der Waals surface area contributed by atoms with Crippen molar-refractivity contribution < 1.29 is 29.0 Å². The van der Waals surface area contributed by atoms with Crippen LogP contribution in [0.2, 0.25) is 0 Å². The highest BCUT2D eigenvalue weighted by Crippen LogP contribution is 2.44. The number of carbonyl (C=O) groups excluding carboxylic acids is 2. The third kappa shape index (κ3) is 4.31. The molecule has 32 heavy (non-hydrogen) atoms. The maximum atomic E-state index is 12.7. The molecule has 8 nitrogen and oxygen atoms in total. The van der Waals surface area contributed by atoms with Gasteiger partial charge in [0.2, 0.25) is 5.91 Å². The third-order valence-electron chi connectivity index (χ3n) is 6.01. The molecule has 2 aromatic carbocycles. The van der Waals surface area contributed by atoms with Crippen LogP contribution in [0.5, 0.6) is 0 Å². The summed E-state index contributed by atoms with van der Waals surface area (Å²) < 4.78 is 10.7. The van der Waals surface area contributed by atoms with Gasteiger partial charge in [-0.25, -0.2) is 9.59 Å². The van der Waals surface area contributed by atoms with Gasteiger partial charge in [-0.15, -0.1) is 0 Å². The Morgan fingerprint density at radius 1 is 1.12 bits per heavy atom. The Hall–Kier alpha value is -3.39. The molecule has 2 aliphatic rings. The van der Waals surface area contributed by atoms with E-state index in [0.717, 1.165) is 22.3 Å². The number of nitrogens with one attached hydrogen (secondary N) is 1. The van der Waals surface area contributed by atoms with Gasteiger partial charge in [0.05, 0.1) is 19.1 Å². The predicted molar refractivity (Wildman–Crippen MR) is 116 cm³/mol.